The van der Waals surface area contributed by atoms with Crippen molar-refractivity contribution in [2.75, 3.05) is 26.2 Å². The quantitative estimate of drug-likeness (QED) is 0.564. The van der Waals surface area contributed by atoms with E-state index < -0.39 is 0 Å². The second-order valence-corrected chi connectivity index (χ2v) is 4.84. The molecule has 0 aromatic carbocycles. The maximum absolute atomic E-state index is 12.3. The van der Waals surface area contributed by atoms with E-state index in [4.69, 9.17) is 11.1 Å². The Labute approximate surface area is 109 Å². The van der Waals surface area contributed by atoms with Crippen LogP contribution in [-0.4, -0.2) is 65.0 Å². The van der Waals surface area contributed by atoms with Gasteiger partial charge < -0.3 is 20.4 Å². The number of guanidine groups is 1. The van der Waals surface area contributed by atoms with Crippen LogP contribution in [0, 0.1) is 5.41 Å². The molecule has 1 saturated heterocycles. The molecule has 0 aromatic rings. The summed E-state index contributed by atoms with van der Waals surface area (Å²) in [6, 6.07) is 0.263. The number of nitrogens with one attached hydrogen (secondary N) is 1. The van der Waals surface area contributed by atoms with Gasteiger partial charge in [-0.3, -0.25) is 5.41 Å². The number of hydrogen-bond acceptors (Lipinski definition) is 2. The molecule has 3 N–H and O–H groups in total. The molecule has 1 aliphatic rings. The van der Waals surface area contributed by atoms with E-state index in [0.717, 1.165) is 13.1 Å². The summed E-state index contributed by atoms with van der Waals surface area (Å²) in [5.41, 5.74) is 5.55. The van der Waals surface area contributed by atoms with Crippen LogP contribution >= 0.6 is 0 Å². The van der Waals surface area contributed by atoms with Crippen LogP contribution in [0.1, 0.15) is 27.7 Å². The molecule has 0 bridgehead atoms. The van der Waals surface area contributed by atoms with Crippen molar-refractivity contribution in [3.05, 3.63) is 0 Å². The van der Waals surface area contributed by atoms with E-state index in [1.165, 1.54) is 0 Å². The van der Waals surface area contributed by atoms with Crippen LogP contribution in [0.2, 0.25) is 0 Å². The van der Waals surface area contributed by atoms with Crippen LogP contribution in [0.5, 0.6) is 0 Å². The lowest BCUT2D eigenvalue weighted by Gasteiger charge is -2.45. The fourth-order valence-electron chi connectivity index (χ4n) is 2.40. The molecule has 6 heteroatoms. The lowest BCUT2D eigenvalue weighted by Crippen LogP contribution is -2.62. The molecular weight excluding hydrogens is 230 g/mol. The number of nitrogens with zero attached hydrogens (tertiary/aromatic N) is 3. The summed E-state index contributed by atoms with van der Waals surface area (Å²) in [6.07, 6.45) is 0. The first-order valence-corrected chi connectivity index (χ1v) is 6.58. The van der Waals surface area contributed by atoms with Crippen molar-refractivity contribution in [2.45, 2.75) is 39.8 Å². The average Bonchev–Trinajstić information content (AvgIpc) is 2.32. The van der Waals surface area contributed by atoms with Gasteiger partial charge in [0.25, 0.3) is 0 Å². The lowest BCUT2D eigenvalue weighted by molar-refractivity contribution is 0.0831. The summed E-state index contributed by atoms with van der Waals surface area (Å²) in [5, 5.41) is 7.53. The van der Waals surface area contributed by atoms with Gasteiger partial charge >= 0.3 is 6.03 Å². The first-order valence-electron chi connectivity index (χ1n) is 6.58. The minimum absolute atomic E-state index is 0.0817. The van der Waals surface area contributed by atoms with E-state index in [2.05, 4.69) is 0 Å². The fourth-order valence-corrected chi connectivity index (χ4v) is 2.40. The van der Waals surface area contributed by atoms with Crippen LogP contribution in [0.25, 0.3) is 0 Å². The zero-order valence-electron chi connectivity index (χ0n) is 11.8. The highest BCUT2D eigenvalue weighted by Crippen LogP contribution is 2.16. The second-order valence-electron chi connectivity index (χ2n) is 4.84. The zero-order chi connectivity index (χ0) is 13.9. The Morgan fingerprint density at radius 3 is 2.11 bits per heavy atom. The van der Waals surface area contributed by atoms with Crippen molar-refractivity contribution in [1.82, 2.24) is 14.7 Å². The SMILES string of the molecule is CCN(CC)C(=O)N1C[C@@H](C)N(C(=N)N)C[C@@H]1C. The molecule has 0 saturated carbocycles. The van der Waals surface area contributed by atoms with Gasteiger partial charge in [0.2, 0.25) is 0 Å². The molecule has 1 aliphatic heterocycles. The van der Waals surface area contributed by atoms with Crippen molar-refractivity contribution in [1.29, 1.82) is 5.41 Å². The molecule has 0 unspecified atom stereocenters. The number of urea groups is 1. The molecule has 1 rings (SSSR count). The van der Waals surface area contributed by atoms with Crippen LogP contribution in [0.4, 0.5) is 4.79 Å². The van der Waals surface area contributed by atoms with Gasteiger partial charge in [0.15, 0.2) is 5.96 Å². The van der Waals surface area contributed by atoms with Crippen LogP contribution in [-0.2, 0) is 0 Å². The van der Waals surface area contributed by atoms with Gasteiger partial charge in [0.05, 0.1) is 0 Å². The molecule has 1 fully saturated rings. The van der Waals surface area contributed by atoms with Gasteiger partial charge in [-0.05, 0) is 27.7 Å². The molecule has 1 heterocycles. The van der Waals surface area contributed by atoms with E-state index in [0.29, 0.717) is 13.1 Å². The number of amides is 2. The first-order chi connectivity index (χ1) is 8.42. The van der Waals surface area contributed by atoms with Gasteiger partial charge in [-0.15, -0.1) is 0 Å². The van der Waals surface area contributed by atoms with Gasteiger partial charge in [0.1, 0.15) is 0 Å². The topological polar surface area (TPSA) is 76.7 Å². The summed E-state index contributed by atoms with van der Waals surface area (Å²) < 4.78 is 0. The summed E-state index contributed by atoms with van der Waals surface area (Å²) >= 11 is 0. The van der Waals surface area contributed by atoms with E-state index in [-0.39, 0.29) is 24.1 Å². The maximum Gasteiger partial charge on any atom is 0.320 e. The minimum atomic E-state index is 0.0817. The summed E-state index contributed by atoms with van der Waals surface area (Å²) in [6.45, 7) is 10.7. The number of carbonyl (C=O) groups is 1. The Morgan fingerprint density at radius 1 is 1.22 bits per heavy atom. The largest absolute Gasteiger partial charge is 0.370 e. The highest BCUT2D eigenvalue weighted by atomic mass is 16.2. The molecular formula is C12H25N5O. The molecule has 18 heavy (non-hydrogen) atoms. The molecule has 0 spiro atoms. The highest BCUT2D eigenvalue weighted by molar-refractivity contribution is 5.77. The molecule has 2 amide bonds. The van der Waals surface area contributed by atoms with Crippen LogP contribution < -0.4 is 5.73 Å². The lowest BCUT2D eigenvalue weighted by atomic mass is 10.1. The Bertz CT molecular complexity index is 316. The second kappa shape index (κ2) is 5.93. The highest BCUT2D eigenvalue weighted by Gasteiger charge is 2.33. The van der Waals surface area contributed by atoms with Gasteiger partial charge in [-0.25, -0.2) is 4.79 Å². The van der Waals surface area contributed by atoms with Gasteiger partial charge in [-0.2, -0.15) is 0 Å². The smallest absolute Gasteiger partial charge is 0.320 e. The normalized spacial score (nSPS) is 24.0. The average molecular weight is 255 g/mol. The van der Waals surface area contributed by atoms with Crippen molar-refractivity contribution >= 4 is 12.0 Å². The Kier molecular flexibility index (Phi) is 4.81. The predicted molar refractivity (Wildman–Crippen MR) is 72.6 cm³/mol. The fraction of sp³-hybridized carbons (Fsp3) is 0.833. The number of carbonyl (C=O) groups excluding carboxylic acids is 1. The third-order valence-corrected chi connectivity index (χ3v) is 3.58. The van der Waals surface area contributed by atoms with Crippen LogP contribution in [0.15, 0.2) is 0 Å². The number of rotatable bonds is 2. The summed E-state index contributed by atoms with van der Waals surface area (Å²) in [7, 11) is 0. The Morgan fingerprint density at radius 2 is 1.67 bits per heavy atom. The molecule has 6 nitrogen and oxygen atoms in total. The van der Waals surface area contributed by atoms with E-state index >= 15 is 0 Å². The zero-order valence-corrected chi connectivity index (χ0v) is 11.8. The Hall–Kier alpha value is -1.46. The number of piperazine rings is 1. The third kappa shape index (κ3) is 2.86. The third-order valence-electron chi connectivity index (χ3n) is 3.58. The molecule has 2 atom stereocenters. The Balaban J connectivity index is 2.75. The molecule has 0 radical (unpaired) electrons. The van der Waals surface area contributed by atoms with Crippen molar-refractivity contribution in [3.8, 4) is 0 Å². The van der Waals surface area contributed by atoms with Crippen LogP contribution in [0.3, 0.4) is 0 Å². The standard InChI is InChI=1S/C12H25N5O/c1-5-15(6-2)12(18)17-8-9(3)16(11(13)14)7-10(17)4/h9-10H,5-8H2,1-4H3,(H3,13,14)/t9-,10+/m1/s1. The summed E-state index contributed by atoms with van der Waals surface area (Å²) in [4.78, 5) is 17.9. The minimum Gasteiger partial charge on any atom is -0.370 e. The van der Waals surface area contributed by atoms with Gasteiger partial charge in [-0.1, -0.05) is 0 Å². The maximum atomic E-state index is 12.3. The predicted octanol–water partition coefficient (Wildman–Crippen LogP) is 0.736. The monoisotopic (exact) mass is 255 g/mol. The van der Waals surface area contributed by atoms with E-state index in [1.54, 1.807) is 0 Å². The summed E-state index contributed by atoms with van der Waals surface area (Å²) in [5.74, 6) is 0.0873. The molecule has 0 aliphatic carbocycles. The molecule has 0 aromatic heterocycles. The number of hydrogen-bond donors (Lipinski definition) is 2. The first kappa shape index (κ1) is 14.6. The van der Waals surface area contributed by atoms with Crippen molar-refractivity contribution in [2.24, 2.45) is 5.73 Å². The van der Waals surface area contributed by atoms with Crippen molar-refractivity contribution in [3.63, 3.8) is 0 Å². The molecule has 104 valence electrons. The van der Waals surface area contributed by atoms with E-state index in [1.807, 2.05) is 42.4 Å². The number of nitrogens with two attached hydrogens (primary N) is 1. The van der Waals surface area contributed by atoms with Gasteiger partial charge in [0, 0.05) is 38.3 Å². The van der Waals surface area contributed by atoms with Crippen molar-refractivity contribution < 1.29 is 4.79 Å². The van der Waals surface area contributed by atoms with E-state index in [9.17, 15) is 4.79 Å².